The standard InChI is InChI=1S/C14H11BrF2N2O/c15-9-2-4-13(12(17)5-9)20-7-8-1-3-10(16)6-11(8)14(18)19/h1-6H,7H2,(H3,18,19). The Labute approximate surface area is 123 Å². The molecular formula is C14H11BrF2N2O. The number of halogens is 3. The Balaban J connectivity index is 2.20. The SMILES string of the molecule is N=C(N)c1cc(F)ccc1COc1ccc(Br)cc1F. The Morgan fingerprint density at radius 3 is 2.60 bits per heavy atom. The maximum atomic E-state index is 13.6. The van der Waals surface area contributed by atoms with E-state index in [0.717, 1.165) is 6.07 Å². The van der Waals surface area contributed by atoms with Crippen molar-refractivity contribution in [3.05, 3.63) is 63.6 Å². The van der Waals surface area contributed by atoms with Crippen LogP contribution in [0.5, 0.6) is 5.75 Å². The zero-order valence-electron chi connectivity index (χ0n) is 10.3. The molecule has 0 fully saturated rings. The van der Waals surface area contributed by atoms with Gasteiger partial charge in [-0.2, -0.15) is 0 Å². The molecule has 0 aliphatic rings. The summed E-state index contributed by atoms with van der Waals surface area (Å²) in [7, 11) is 0. The number of benzene rings is 2. The van der Waals surface area contributed by atoms with Gasteiger partial charge in [0.25, 0.3) is 0 Å². The van der Waals surface area contributed by atoms with Gasteiger partial charge in [-0.15, -0.1) is 0 Å². The van der Waals surface area contributed by atoms with E-state index < -0.39 is 11.6 Å². The van der Waals surface area contributed by atoms with Crippen LogP contribution in [0.15, 0.2) is 40.9 Å². The molecule has 0 saturated heterocycles. The maximum absolute atomic E-state index is 13.6. The van der Waals surface area contributed by atoms with Crippen LogP contribution in [0.3, 0.4) is 0 Å². The molecule has 0 heterocycles. The highest BCUT2D eigenvalue weighted by Gasteiger charge is 2.09. The van der Waals surface area contributed by atoms with Crippen molar-refractivity contribution in [2.45, 2.75) is 6.61 Å². The van der Waals surface area contributed by atoms with E-state index in [-0.39, 0.29) is 23.8 Å². The fourth-order valence-electron chi connectivity index (χ4n) is 1.67. The minimum Gasteiger partial charge on any atom is -0.486 e. The largest absolute Gasteiger partial charge is 0.486 e. The molecule has 2 aromatic carbocycles. The summed E-state index contributed by atoms with van der Waals surface area (Å²) < 4.78 is 32.7. The highest BCUT2D eigenvalue weighted by Crippen LogP contribution is 2.23. The first-order valence-electron chi connectivity index (χ1n) is 5.68. The van der Waals surface area contributed by atoms with Gasteiger partial charge in [0.05, 0.1) is 0 Å². The predicted octanol–water partition coefficient (Wildman–Crippen LogP) is 3.59. The van der Waals surface area contributed by atoms with Crippen molar-refractivity contribution in [2.75, 3.05) is 0 Å². The van der Waals surface area contributed by atoms with Gasteiger partial charge >= 0.3 is 0 Å². The summed E-state index contributed by atoms with van der Waals surface area (Å²) in [6, 6.07) is 8.27. The summed E-state index contributed by atoms with van der Waals surface area (Å²) in [6.07, 6.45) is 0. The number of amidine groups is 1. The second-order valence-electron chi connectivity index (χ2n) is 4.08. The van der Waals surface area contributed by atoms with Crippen molar-refractivity contribution in [3.63, 3.8) is 0 Å². The van der Waals surface area contributed by atoms with E-state index in [2.05, 4.69) is 15.9 Å². The second kappa shape index (κ2) is 6.00. The molecule has 3 nitrogen and oxygen atoms in total. The minimum absolute atomic E-state index is 0.00620. The Bertz CT molecular complexity index is 662. The molecule has 0 atom stereocenters. The Morgan fingerprint density at radius 2 is 1.95 bits per heavy atom. The highest BCUT2D eigenvalue weighted by atomic mass is 79.9. The number of hydrogen-bond acceptors (Lipinski definition) is 2. The first-order chi connectivity index (χ1) is 9.47. The molecule has 0 unspecified atom stereocenters. The number of nitrogens with one attached hydrogen (secondary N) is 1. The van der Waals surface area contributed by atoms with Crippen LogP contribution in [0.4, 0.5) is 8.78 Å². The fourth-order valence-corrected chi connectivity index (χ4v) is 2.01. The van der Waals surface area contributed by atoms with Crippen LogP contribution >= 0.6 is 15.9 Å². The number of rotatable bonds is 4. The summed E-state index contributed by atoms with van der Waals surface area (Å²) in [5.41, 5.74) is 6.14. The molecule has 2 aromatic rings. The van der Waals surface area contributed by atoms with Crippen LogP contribution in [0, 0.1) is 17.0 Å². The zero-order chi connectivity index (χ0) is 14.7. The van der Waals surface area contributed by atoms with Crippen LogP contribution in [-0.4, -0.2) is 5.84 Å². The Kier molecular flexibility index (Phi) is 4.34. The molecule has 0 radical (unpaired) electrons. The van der Waals surface area contributed by atoms with E-state index >= 15 is 0 Å². The van der Waals surface area contributed by atoms with Gasteiger partial charge in [0.15, 0.2) is 11.6 Å². The van der Waals surface area contributed by atoms with Gasteiger partial charge in [0.1, 0.15) is 18.3 Å². The van der Waals surface area contributed by atoms with Gasteiger partial charge in [0.2, 0.25) is 0 Å². The first-order valence-corrected chi connectivity index (χ1v) is 6.47. The monoisotopic (exact) mass is 340 g/mol. The van der Waals surface area contributed by atoms with Gasteiger partial charge in [-0.25, -0.2) is 8.78 Å². The molecule has 3 N–H and O–H groups in total. The molecule has 0 aliphatic carbocycles. The molecule has 2 rings (SSSR count). The third-order valence-corrected chi connectivity index (χ3v) is 3.13. The summed E-state index contributed by atoms with van der Waals surface area (Å²) >= 11 is 3.15. The van der Waals surface area contributed by atoms with Crippen molar-refractivity contribution < 1.29 is 13.5 Å². The summed E-state index contributed by atoms with van der Waals surface area (Å²) in [6.45, 7) is -0.00620. The lowest BCUT2D eigenvalue weighted by Crippen LogP contribution is -2.15. The van der Waals surface area contributed by atoms with Gasteiger partial charge < -0.3 is 10.5 Å². The van der Waals surface area contributed by atoms with Gasteiger partial charge in [-0.1, -0.05) is 22.0 Å². The fraction of sp³-hybridized carbons (Fsp3) is 0.0714. The van der Waals surface area contributed by atoms with Crippen LogP contribution < -0.4 is 10.5 Å². The number of ether oxygens (including phenoxy) is 1. The molecule has 0 saturated carbocycles. The molecule has 0 amide bonds. The number of nitrogens with two attached hydrogens (primary N) is 1. The maximum Gasteiger partial charge on any atom is 0.166 e. The summed E-state index contributed by atoms with van der Waals surface area (Å²) in [5.74, 6) is -1.19. The van der Waals surface area contributed by atoms with Crippen LogP contribution in [0.1, 0.15) is 11.1 Å². The Hall–Kier alpha value is -1.95. The Morgan fingerprint density at radius 1 is 1.20 bits per heavy atom. The van der Waals surface area contributed by atoms with Gasteiger partial charge in [-0.05, 0) is 30.3 Å². The lowest BCUT2D eigenvalue weighted by molar-refractivity contribution is 0.290. The van der Waals surface area contributed by atoms with Crippen LogP contribution in [0.2, 0.25) is 0 Å². The molecule has 0 aliphatic heterocycles. The molecular weight excluding hydrogens is 330 g/mol. The summed E-state index contributed by atoms with van der Waals surface area (Å²) in [4.78, 5) is 0. The average molecular weight is 341 g/mol. The van der Waals surface area contributed by atoms with Crippen LogP contribution in [-0.2, 0) is 6.61 Å². The van der Waals surface area contributed by atoms with E-state index in [1.54, 1.807) is 6.07 Å². The van der Waals surface area contributed by atoms with Gasteiger partial charge in [-0.3, -0.25) is 5.41 Å². The number of hydrogen-bond donors (Lipinski definition) is 2. The molecule has 0 spiro atoms. The topological polar surface area (TPSA) is 59.1 Å². The second-order valence-corrected chi connectivity index (χ2v) is 4.99. The van der Waals surface area contributed by atoms with E-state index in [4.69, 9.17) is 15.9 Å². The van der Waals surface area contributed by atoms with Crippen molar-refractivity contribution in [1.29, 1.82) is 5.41 Å². The molecule has 0 bridgehead atoms. The lowest BCUT2D eigenvalue weighted by atomic mass is 10.1. The van der Waals surface area contributed by atoms with Crippen LogP contribution in [0.25, 0.3) is 0 Å². The smallest absolute Gasteiger partial charge is 0.166 e. The zero-order valence-corrected chi connectivity index (χ0v) is 11.9. The third-order valence-electron chi connectivity index (χ3n) is 2.64. The third kappa shape index (κ3) is 3.33. The molecule has 104 valence electrons. The normalized spacial score (nSPS) is 10.3. The average Bonchev–Trinajstić information content (AvgIpc) is 2.38. The van der Waals surface area contributed by atoms with E-state index in [0.29, 0.717) is 10.0 Å². The number of nitrogen functional groups attached to an aromatic ring is 1. The van der Waals surface area contributed by atoms with E-state index in [1.807, 2.05) is 0 Å². The van der Waals surface area contributed by atoms with Crippen molar-refractivity contribution >= 4 is 21.8 Å². The quantitative estimate of drug-likeness (QED) is 0.660. The van der Waals surface area contributed by atoms with Crippen molar-refractivity contribution in [3.8, 4) is 5.75 Å². The highest BCUT2D eigenvalue weighted by molar-refractivity contribution is 9.10. The van der Waals surface area contributed by atoms with E-state index in [9.17, 15) is 8.78 Å². The lowest BCUT2D eigenvalue weighted by Gasteiger charge is -2.11. The molecule has 6 heteroatoms. The van der Waals surface area contributed by atoms with E-state index in [1.165, 1.54) is 24.3 Å². The molecule has 20 heavy (non-hydrogen) atoms. The first kappa shape index (κ1) is 14.5. The minimum atomic E-state index is -0.508. The van der Waals surface area contributed by atoms with Crippen molar-refractivity contribution in [2.24, 2.45) is 5.73 Å². The van der Waals surface area contributed by atoms with Gasteiger partial charge in [0, 0.05) is 15.6 Å². The predicted molar refractivity (Wildman–Crippen MR) is 75.8 cm³/mol. The molecule has 0 aromatic heterocycles. The summed E-state index contributed by atoms with van der Waals surface area (Å²) in [5, 5.41) is 7.40. The van der Waals surface area contributed by atoms with Crippen molar-refractivity contribution in [1.82, 2.24) is 0 Å².